The molecule has 4 aromatic rings. The van der Waals surface area contributed by atoms with Crippen LogP contribution < -0.4 is 15.0 Å². The SMILES string of the molecule is O=C1CCCCc2c(Cl)cc3[nH]ncc3c2-c2ncc3c(nc(OC[C@@]45CCCN4C[C@H](F)C5)nc3c2F)N2CCCC3(CC(C3)N1)C2. The summed E-state index contributed by atoms with van der Waals surface area (Å²) in [7, 11) is 0. The molecule has 48 heavy (non-hydrogen) atoms. The number of ether oxygens (including phenoxy) is 1. The number of carbonyl (C=O) groups is 1. The molecule has 1 aliphatic carbocycles. The van der Waals surface area contributed by atoms with E-state index in [0.717, 1.165) is 63.7 Å². The van der Waals surface area contributed by atoms with Crippen LogP contribution in [0, 0.1) is 11.2 Å². The molecular formula is C35H39ClF2N8O2. The van der Waals surface area contributed by atoms with Crippen LogP contribution in [0.3, 0.4) is 0 Å². The van der Waals surface area contributed by atoms with Crippen molar-refractivity contribution in [2.45, 2.75) is 88.4 Å². The number of piperidine rings is 1. The highest BCUT2D eigenvalue weighted by Crippen LogP contribution is 2.49. The summed E-state index contributed by atoms with van der Waals surface area (Å²) >= 11 is 6.86. The minimum atomic E-state index is -0.888. The van der Waals surface area contributed by atoms with E-state index < -0.39 is 17.5 Å². The van der Waals surface area contributed by atoms with Crippen LogP contribution in [0.1, 0.15) is 69.8 Å². The van der Waals surface area contributed by atoms with Crippen LogP contribution in [0.15, 0.2) is 18.5 Å². The van der Waals surface area contributed by atoms with Gasteiger partial charge in [0.2, 0.25) is 5.91 Å². The monoisotopic (exact) mass is 676 g/mol. The summed E-state index contributed by atoms with van der Waals surface area (Å²) in [5.74, 6) is 0.0907. The quantitative estimate of drug-likeness (QED) is 0.276. The third-order valence-electron chi connectivity index (χ3n) is 11.7. The Bertz CT molecular complexity index is 1930. The Balaban J connectivity index is 1.19. The highest BCUT2D eigenvalue weighted by atomic mass is 35.5. The number of rotatable bonds is 3. The van der Waals surface area contributed by atoms with Gasteiger partial charge in [-0.25, -0.2) is 8.78 Å². The van der Waals surface area contributed by atoms with Gasteiger partial charge in [0.05, 0.1) is 22.6 Å². The molecule has 7 aliphatic rings. The van der Waals surface area contributed by atoms with Gasteiger partial charge in [-0.2, -0.15) is 15.1 Å². The summed E-state index contributed by atoms with van der Waals surface area (Å²) in [6.07, 6.45) is 10.9. The van der Waals surface area contributed by atoms with Gasteiger partial charge in [0, 0.05) is 60.7 Å². The molecule has 7 bridgehead atoms. The Hall–Kier alpha value is -3.64. The molecule has 11 rings (SSSR count). The smallest absolute Gasteiger partial charge is 0.319 e. The molecule has 0 radical (unpaired) electrons. The zero-order valence-electron chi connectivity index (χ0n) is 26.8. The maximum atomic E-state index is 17.2. The van der Waals surface area contributed by atoms with Crippen LogP contribution in [0.4, 0.5) is 14.6 Å². The van der Waals surface area contributed by atoms with Crippen LogP contribution >= 0.6 is 11.6 Å². The number of carbonyl (C=O) groups excluding carboxylic acids is 1. The van der Waals surface area contributed by atoms with Crippen LogP contribution in [0.25, 0.3) is 33.1 Å². The Labute approximate surface area is 282 Å². The second-order valence-electron chi connectivity index (χ2n) is 14.8. The zero-order chi connectivity index (χ0) is 32.6. The lowest BCUT2D eigenvalue weighted by atomic mass is 9.61. The van der Waals surface area contributed by atoms with Gasteiger partial charge in [-0.1, -0.05) is 11.6 Å². The molecule has 1 amide bonds. The van der Waals surface area contributed by atoms with Crippen molar-refractivity contribution in [2.75, 3.05) is 37.7 Å². The van der Waals surface area contributed by atoms with E-state index in [4.69, 9.17) is 31.3 Å². The lowest BCUT2D eigenvalue weighted by Gasteiger charge is -2.53. The van der Waals surface area contributed by atoms with Gasteiger partial charge in [0.1, 0.15) is 29.8 Å². The summed E-state index contributed by atoms with van der Waals surface area (Å²) in [6, 6.07) is 2.05. The molecule has 4 fully saturated rings. The first-order chi connectivity index (χ1) is 23.3. The average Bonchev–Trinajstić information content (AvgIpc) is 3.75. The highest BCUT2D eigenvalue weighted by Gasteiger charge is 2.50. The molecule has 252 valence electrons. The maximum Gasteiger partial charge on any atom is 0.319 e. The molecule has 6 aliphatic heterocycles. The van der Waals surface area contributed by atoms with Crippen LogP contribution in [0.2, 0.25) is 5.02 Å². The predicted molar refractivity (Wildman–Crippen MR) is 179 cm³/mol. The van der Waals surface area contributed by atoms with Crippen LogP contribution in [-0.2, 0) is 11.2 Å². The molecular weight excluding hydrogens is 638 g/mol. The number of pyridine rings is 1. The van der Waals surface area contributed by atoms with Crippen molar-refractivity contribution in [3.63, 3.8) is 0 Å². The van der Waals surface area contributed by atoms with Gasteiger partial charge in [0.15, 0.2) is 5.82 Å². The number of aromatic nitrogens is 5. The normalized spacial score (nSPS) is 29.1. The summed E-state index contributed by atoms with van der Waals surface area (Å²) in [6.45, 7) is 3.00. The molecule has 2 N–H and O–H groups in total. The fraction of sp³-hybridized carbons (Fsp3) is 0.571. The second-order valence-corrected chi connectivity index (χ2v) is 15.2. The number of amides is 1. The van der Waals surface area contributed by atoms with Crippen molar-refractivity contribution in [1.82, 2.24) is 35.4 Å². The fourth-order valence-electron chi connectivity index (χ4n) is 9.46. The van der Waals surface area contributed by atoms with E-state index in [1.54, 1.807) is 12.4 Å². The summed E-state index contributed by atoms with van der Waals surface area (Å²) < 4.78 is 38.1. The third kappa shape index (κ3) is 5.00. The van der Waals surface area contributed by atoms with E-state index in [0.29, 0.717) is 71.3 Å². The van der Waals surface area contributed by atoms with Crippen molar-refractivity contribution >= 4 is 45.1 Å². The molecule has 13 heteroatoms. The minimum absolute atomic E-state index is 0.0533. The first-order valence-corrected chi connectivity index (χ1v) is 17.7. The lowest BCUT2D eigenvalue weighted by molar-refractivity contribution is -0.123. The molecule has 1 spiro atoms. The fourth-order valence-corrected chi connectivity index (χ4v) is 9.76. The highest BCUT2D eigenvalue weighted by molar-refractivity contribution is 6.33. The Morgan fingerprint density at radius 2 is 1.90 bits per heavy atom. The number of aromatic amines is 1. The topological polar surface area (TPSA) is 112 Å². The number of anilines is 1. The number of alkyl halides is 1. The van der Waals surface area contributed by atoms with E-state index >= 15 is 4.39 Å². The third-order valence-corrected chi connectivity index (χ3v) is 12.0. The van der Waals surface area contributed by atoms with Crippen molar-refractivity contribution in [3.05, 3.63) is 34.9 Å². The lowest BCUT2D eigenvalue weighted by Crippen LogP contribution is -2.57. The Kier molecular flexibility index (Phi) is 7.27. The number of fused-ring (bicyclic) bond motifs is 2. The van der Waals surface area contributed by atoms with E-state index in [9.17, 15) is 9.18 Å². The van der Waals surface area contributed by atoms with E-state index in [1.807, 2.05) is 6.07 Å². The Morgan fingerprint density at radius 3 is 2.79 bits per heavy atom. The van der Waals surface area contributed by atoms with Gasteiger partial charge in [-0.3, -0.25) is 19.8 Å². The van der Waals surface area contributed by atoms with Crippen molar-refractivity contribution in [2.24, 2.45) is 5.41 Å². The number of nitrogens with one attached hydrogen (secondary N) is 2. The van der Waals surface area contributed by atoms with Crippen molar-refractivity contribution in [3.8, 4) is 17.3 Å². The van der Waals surface area contributed by atoms with Gasteiger partial charge >= 0.3 is 6.01 Å². The van der Waals surface area contributed by atoms with Gasteiger partial charge < -0.3 is 15.0 Å². The number of halogens is 3. The number of hydrogen-bond acceptors (Lipinski definition) is 8. The van der Waals surface area contributed by atoms with Crippen molar-refractivity contribution in [1.29, 1.82) is 0 Å². The molecule has 10 nitrogen and oxygen atoms in total. The van der Waals surface area contributed by atoms with E-state index in [-0.39, 0.29) is 41.2 Å². The second kappa shape index (κ2) is 11.5. The van der Waals surface area contributed by atoms with E-state index in [2.05, 4.69) is 25.3 Å². The first kappa shape index (κ1) is 30.4. The Morgan fingerprint density at radius 1 is 1.04 bits per heavy atom. The largest absolute Gasteiger partial charge is 0.461 e. The van der Waals surface area contributed by atoms with Crippen LogP contribution in [-0.4, -0.2) is 86.5 Å². The number of nitrogens with zero attached hydrogens (tertiary/aromatic N) is 6. The zero-order valence-corrected chi connectivity index (χ0v) is 27.6. The number of H-pyrrole nitrogens is 1. The molecule has 1 aromatic carbocycles. The standard InChI is InChI=1S/C35H39ClF2N8O2/c36-25-11-26-23(16-40-44-26)28-22(25)5-1-2-6-27(47)41-21-13-34(14-21)7-3-9-45(18-34)32-24-15-39-31(28)29(38)30(24)42-33(43-32)48-19-35-8-4-10-46(35)17-20(37)12-35/h11,15-16,20-21H,1-10,12-14,17-19H2,(H,40,44)(H,41,47)/t20-,21?,34?,35+/m1/s1. The van der Waals surface area contributed by atoms with Gasteiger partial charge in [-0.15, -0.1) is 0 Å². The molecule has 3 aromatic heterocycles. The molecule has 1 saturated carbocycles. The number of benzene rings is 1. The molecule has 0 unspecified atom stereocenters. The van der Waals surface area contributed by atoms with Crippen LogP contribution in [0.5, 0.6) is 6.01 Å². The molecule has 2 atom stereocenters. The average molecular weight is 677 g/mol. The molecule has 3 saturated heterocycles. The van der Waals surface area contributed by atoms with E-state index in [1.165, 1.54) is 0 Å². The van der Waals surface area contributed by atoms with Crippen molar-refractivity contribution < 1.29 is 18.3 Å². The predicted octanol–water partition coefficient (Wildman–Crippen LogP) is 5.91. The maximum absolute atomic E-state index is 17.2. The molecule has 9 heterocycles. The first-order valence-electron chi connectivity index (χ1n) is 17.4. The number of hydrogen-bond donors (Lipinski definition) is 2. The summed E-state index contributed by atoms with van der Waals surface area (Å²) in [5.41, 5.74) is 1.93. The summed E-state index contributed by atoms with van der Waals surface area (Å²) in [4.78, 5) is 31.7. The minimum Gasteiger partial charge on any atom is -0.461 e. The summed E-state index contributed by atoms with van der Waals surface area (Å²) in [5, 5.41) is 12.2. The van der Waals surface area contributed by atoms with Gasteiger partial charge in [0.25, 0.3) is 0 Å². The van der Waals surface area contributed by atoms with Gasteiger partial charge in [-0.05, 0) is 81.4 Å².